The van der Waals surface area contributed by atoms with Crippen LogP contribution in [0.15, 0.2) is 64.1 Å². The van der Waals surface area contributed by atoms with Gasteiger partial charge in [-0.3, -0.25) is 19.2 Å². The van der Waals surface area contributed by atoms with Gasteiger partial charge in [0.15, 0.2) is 0 Å². The number of carbonyl (C=O) groups is 4. The van der Waals surface area contributed by atoms with Crippen LogP contribution in [-0.2, 0) is 107 Å². The molecule has 0 radical (unpaired) electrons. The Kier molecular flexibility index (Phi) is 23.7. The number of nitroso groups, excluding NO2 is 3. The molecule has 0 spiro atoms. The number of benzene rings is 4. The molecule has 484 valence electrons. The van der Waals surface area contributed by atoms with Crippen LogP contribution < -0.4 is 0 Å². The lowest BCUT2D eigenvalue weighted by molar-refractivity contribution is -0.170. The number of hydrogen-bond acceptors (Lipinski definition) is 14. The Morgan fingerprint density at radius 2 is 0.455 bits per heavy atom. The molecule has 0 aromatic heterocycles. The van der Waals surface area contributed by atoms with Gasteiger partial charge in [0.2, 0.25) is 0 Å². The van der Waals surface area contributed by atoms with Crippen LogP contribution in [0.5, 0.6) is 0 Å². The largest absolute Gasteiger partial charge is 0.465 e. The van der Waals surface area contributed by atoms with E-state index in [1.165, 1.54) is 16.7 Å². The second-order valence-corrected chi connectivity index (χ2v) is 32.9. The minimum absolute atomic E-state index is 0.00572. The molecule has 0 unspecified atom stereocenters. The molecule has 0 saturated carbocycles. The Morgan fingerprint density at radius 3 is 0.602 bits per heavy atom. The molecular weight excluding hydrogens is 1110 g/mol. The highest BCUT2D eigenvalue weighted by atomic mass is 16.6. The second-order valence-electron chi connectivity index (χ2n) is 32.9. The SMILES string of the molecule is Cc1c(C(C)(C)C)cc(CCC(=O)OCC(COC(=O)CCc2cc(C(C)(C)C)c(N=O)c(C(C)(C)C)c2)(COC(=O)CCc2cc(C(C)(C)C)c(N=O)c(C(C)(C)C)c2)COC(=O)CCc2cc(C(C)(C)C)c(N=O)c(C(C)(C)C)c2)cc1C(C)(C)C. The standard InChI is InChI=1S/C74H107N3O11/c1-46-51(66(2,3)4)34-47(35-52(46)67(5,6)7)26-30-59(78)85-42-74(43-86-60(79)31-27-48-36-53(68(8,9)10)63(75-82)54(37-48)69(11,12)13,44-87-61(80)32-28-49-38-55(70(14,15)16)64(76-83)56(39-49)71(17,18)19)45-88-62(81)33-29-50-40-57(72(20,21)22)65(77-84)58(41-50)73(23,24)25/h34-41H,26-33,42-45H2,1-25H3. The zero-order valence-corrected chi connectivity index (χ0v) is 58.4. The number of ether oxygens (including phenoxy) is 4. The molecule has 0 aliphatic heterocycles. The number of carbonyl (C=O) groups excluding carboxylic acids is 4. The summed E-state index contributed by atoms with van der Waals surface area (Å²) >= 11 is 0. The topological polar surface area (TPSA) is 193 Å². The average molecular weight is 1210 g/mol. The first-order valence-corrected chi connectivity index (χ1v) is 31.4. The molecule has 0 saturated heterocycles. The summed E-state index contributed by atoms with van der Waals surface area (Å²) in [6.45, 7) is 49.4. The van der Waals surface area contributed by atoms with Gasteiger partial charge < -0.3 is 18.9 Å². The van der Waals surface area contributed by atoms with E-state index in [0.29, 0.717) is 23.5 Å². The van der Waals surface area contributed by atoms with Gasteiger partial charge in [-0.2, -0.15) is 0 Å². The summed E-state index contributed by atoms with van der Waals surface area (Å²) in [6.07, 6.45) is 0.847. The maximum atomic E-state index is 14.2. The van der Waals surface area contributed by atoms with E-state index in [1.54, 1.807) is 0 Å². The summed E-state index contributed by atoms with van der Waals surface area (Å²) in [5, 5.41) is 10.4. The van der Waals surface area contributed by atoms with E-state index in [1.807, 2.05) is 161 Å². The fraction of sp³-hybridized carbons (Fsp3) is 0.622. The van der Waals surface area contributed by atoms with Crippen LogP contribution in [0.2, 0.25) is 0 Å². The monoisotopic (exact) mass is 1210 g/mol. The van der Waals surface area contributed by atoms with E-state index in [0.717, 1.165) is 55.6 Å². The van der Waals surface area contributed by atoms with Crippen LogP contribution in [0.4, 0.5) is 17.1 Å². The normalized spacial score (nSPS) is 13.0. The van der Waals surface area contributed by atoms with Crippen LogP contribution >= 0.6 is 0 Å². The van der Waals surface area contributed by atoms with Gasteiger partial charge in [0.25, 0.3) is 0 Å². The van der Waals surface area contributed by atoms with Gasteiger partial charge >= 0.3 is 23.9 Å². The van der Waals surface area contributed by atoms with Gasteiger partial charge in [-0.25, -0.2) is 0 Å². The van der Waals surface area contributed by atoms with Crippen LogP contribution in [0.3, 0.4) is 0 Å². The van der Waals surface area contributed by atoms with E-state index in [-0.39, 0.29) is 55.8 Å². The van der Waals surface area contributed by atoms with Crippen molar-refractivity contribution in [3.8, 4) is 0 Å². The van der Waals surface area contributed by atoms with E-state index < -0.39 is 88.2 Å². The van der Waals surface area contributed by atoms with Crippen LogP contribution in [-0.4, -0.2) is 50.3 Å². The molecule has 0 atom stereocenters. The van der Waals surface area contributed by atoms with Crippen molar-refractivity contribution in [3.63, 3.8) is 0 Å². The minimum atomic E-state index is -1.60. The smallest absolute Gasteiger partial charge is 0.306 e. The Hall–Kier alpha value is -6.44. The minimum Gasteiger partial charge on any atom is -0.465 e. The molecule has 0 heterocycles. The molecule has 88 heavy (non-hydrogen) atoms. The zero-order chi connectivity index (χ0) is 67.1. The molecule has 0 fully saturated rings. The lowest BCUT2D eigenvalue weighted by atomic mass is 9.75. The van der Waals surface area contributed by atoms with Crippen molar-refractivity contribution in [2.75, 3.05) is 26.4 Å². The lowest BCUT2D eigenvalue weighted by Gasteiger charge is -2.32. The van der Waals surface area contributed by atoms with Gasteiger partial charge in [0.05, 0.1) is 0 Å². The highest BCUT2D eigenvalue weighted by molar-refractivity contribution is 5.73. The van der Waals surface area contributed by atoms with Crippen molar-refractivity contribution >= 4 is 40.9 Å². The molecule has 0 N–H and O–H groups in total. The summed E-state index contributed by atoms with van der Waals surface area (Å²) in [5.41, 5.74) is 8.10. The van der Waals surface area contributed by atoms with E-state index in [2.05, 4.69) is 76.1 Å². The third-order valence-corrected chi connectivity index (χ3v) is 16.3. The zero-order valence-electron chi connectivity index (χ0n) is 58.4. The molecule has 0 amide bonds. The summed E-state index contributed by atoms with van der Waals surface area (Å²) in [4.78, 5) is 93.8. The predicted octanol–water partition coefficient (Wildman–Crippen LogP) is 18.6. The van der Waals surface area contributed by atoms with Crippen LogP contribution in [0.1, 0.15) is 264 Å². The first-order valence-electron chi connectivity index (χ1n) is 31.4. The van der Waals surface area contributed by atoms with E-state index in [4.69, 9.17) is 18.9 Å². The first-order chi connectivity index (χ1) is 40.1. The maximum absolute atomic E-state index is 14.2. The molecule has 0 aliphatic rings. The van der Waals surface area contributed by atoms with Gasteiger partial charge in [0.1, 0.15) is 48.9 Å². The Bertz CT molecular complexity index is 2800. The summed E-state index contributed by atoms with van der Waals surface area (Å²) in [6, 6.07) is 15.8. The van der Waals surface area contributed by atoms with Crippen LogP contribution in [0.25, 0.3) is 0 Å². The lowest BCUT2D eigenvalue weighted by Crippen LogP contribution is -2.44. The average Bonchev–Trinajstić information content (AvgIpc) is 2.46. The molecule has 4 rings (SSSR count). The van der Waals surface area contributed by atoms with Crippen molar-refractivity contribution in [3.05, 3.63) is 136 Å². The molecular formula is C74H107N3O11. The van der Waals surface area contributed by atoms with Gasteiger partial charge in [-0.05, 0) is 164 Å². The van der Waals surface area contributed by atoms with Crippen molar-refractivity contribution in [1.29, 1.82) is 0 Å². The Morgan fingerprint density at radius 1 is 0.295 bits per heavy atom. The molecule has 4 aromatic rings. The molecule has 0 aliphatic carbocycles. The summed E-state index contributed by atoms with van der Waals surface area (Å²) < 4.78 is 24.5. The van der Waals surface area contributed by atoms with Crippen molar-refractivity contribution in [1.82, 2.24) is 0 Å². The first kappa shape index (κ1) is 74.0. The number of esters is 4. The van der Waals surface area contributed by atoms with Crippen molar-refractivity contribution < 1.29 is 38.1 Å². The highest BCUT2D eigenvalue weighted by Crippen LogP contribution is 2.44. The number of rotatable bonds is 23. The molecule has 0 bridgehead atoms. The van der Waals surface area contributed by atoms with Gasteiger partial charge in [0, 0.05) is 25.7 Å². The Labute approximate surface area is 527 Å². The number of nitrogens with zero attached hydrogens (tertiary/aromatic N) is 3. The maximum Gasteiger partial charge on any atom is 0.306 e. The van der Waals surface area contributed by atoms with Crippen molar-refractivity contribution in [2.45, 2.75) is 268 Å². The number of hydrogen-bond donors (Lipinski definition) is 0. The summed E-state index contributed by atoms with van der Waals surface area (Å²) in [7, 11) is 0. The third-order valence-electron chi connectivity index (χ3n) is 16.3. The van der Waals surface area contributed by atoms with E-state index in [9.17, 15) is 33.9 Å². The van der Waals surface area contributed by atoms with Gasteiger partial charge in [-0.1, -0.05) is 215 Å². The van der Waals surface area contributed by atoms with Crippen LogP contribution in [0, 0.1) is 27.1 Å². The third kappa shape index (κ3) is 20.3. The number of aryl methyl sites for hydroxylation is 4. The quantitative estimate of drug-likeness (QED) is 0.0390. The van der Waals surface area contributed by atoms with Gasteiger partial charge in [-0.15, -0.1) is 14.7 Å². The predicted molar refractivity (Wildman–Crippen MR) is 356 cm³/mol. The molecule has 14 nitrogen and oxygen atoms in total. The highest BCUT2D eigenvalue weighted by Gasteiger charge is 2.39. The molecule has 4 aromatic carbocycles. The van der Waals surface area contributed by atoms with E-state index >= 15 is 0 Å². The Balaban J connectivity index is 1.80. The second kappa shape index (κ2) is 28.2. The molecule has 14 heteroatoms. The fourth-order valence-corrected chi connectivity index (χ4v) is 11.2. The van der Waals surface area contributed by atoms with Crippen molar-refractivity contribution in [2.24, 2.45) is 20.9 Å². The fourth-order valence-electron chi connectivity index (χ4n) is 11.2. The summed E-state index contributed by atoms with van der Waals surface area (Å²) in [5.74, 6) is -2.39.